The van der Waals surface area contributed by atoms with Gasteiger partial charge in [0.25, 0.3) is 0 Å². The first-order valence-corrected chi connectivity index (χ1v) is 6.73. The van der Waals surface area contributed by atoms with E-state index in [9.17, 15) is 9.59 Å². The number of carbonyl (C=O) groups excluding carboxylic acids is 2. The van der Waals surface area contributed by atoms with Crippen molar-refractivity contribution in [2.24, 2.45) is 0 Å². The Bertz CT molecular complexity index is 430. The minimum Gasteiger partial charge on any atom is -0.445 e. The third-order valence-electron chi connectivity index (χ3n) is 3.27. The molecule has 0 radical (unpaired) electrons. The molecule has 19 heavy (non-hydrogen) atoms. The minimum absolute atomic E-state index is 0.0710. The van der Waals surface area contributed by atoms with Crippen LogP contribution in [0.25, 0.3) is 0 Å². The molecule has 0 aliphatic heterocycles. The van der Waals surface area contributed by atoms with Gasteiger partial charge >= 0.3 is 6.09 Å². The molecule has 1 fully saturated rings. The minimum atomic E-state index is -0.441. The van der Waals surface area contributed by atoms with Crippen molar-refractivity contribution in [3.05, 3.63) is 35.9 Å². The Kier molecular flexibility index (Phi) is 4.95. The molecule has 1 aromatic carbocycles. The van der Waals surface area contributed by atoms with E-state index in [4.69, 9.17) is 4.74 Å². The van der Waals surface area contributed by atoms with Crippen LogP contribution in [0.1, 0.15) is 37.7 Å². The molecule has 0 aromatic heterocycles. The van der Waals surface area contributed by atoms with Crippen LogP contribution >= 0.6 is 0 Å². The van der Waals surface area contributed by atoms with E-state index in [1.165, 1.54) is 0 Å². The van der Waals surface area contributed by atoms with E-state index in [0.29, 0.717) is 12.8 Å². The molecule has 0 heterocycles. The highest BCUT2D eigenvalue weighted by atomic mass is 16.5. The van der Waals surface area contributed by atoms with Crippen molar-refractivity contribution in [1.29, 1.82) is 0 Å². The lowest BCUT2D eigenvalue weighted by molar-refractivity contribution is -0.119. The van der Waals surface area contributed by atoms with E-state index in [0.717, 1.165) is 24.8 Å². The molecule has 0 spiro atoms. The highest BCUT2D eigenvalue weighted by Crippen LogP contribution is 2.15. The van der Waals surface area contributed by atoms with E-state index in [2.05, 4.69) is 5.32 Å². The largest absolute Gasteiger partial charge is 0.445 e. The molecule has 2 rings (SSSR count). The van der Waals surface area contributed by atoms with Crippen LogP contribution < -0.4 is 5.32 Å². The first-order valence-electron chi connectivity index (χ1n) is 6.73. The van der Waals surface area contributed by atoms with Crippen LogP contribution in [-0.4, -0.2) is 17.9 Å². The molecule has 1 N–H and O–H groups in total. The number of hydrogen-bond donors (Lipinski definition) is 1. The van der Waals surface area contributed by atoms with E-state index in [1.54, 1.807) is 0 Å². The van der Waals surface area contributed by atoms with Gasteiger partial charge in [-0.05, 0) is 18.4 Å². The second-order valence-electron chi connectivity index (χ2n) is 4.89. The van der Waals surface area contributed by atoms with Crippen LogP contribution in [0, 0.1) is 0 Å². The fourth-order valence-electron chi connectivity index (χ4n) is 2.25. The van der Waals surface area contributed by atoms with Crippen molar-refractivity contribution in [2.75, 3.05) is 0 Å². The topological polar surface area (TPSA) is 55.4 Å². The van der Waals surface area contributed by atoms with Gasteiger partial charge in [-0.3, -0.25) is 4.79 Å². The number of alkyl carbamates (subject to hydrolysis) is 1. The first kappa shape index (κ1) is 13.6. The summed E-state index contributed by atoms with van der Waals surface area (Å²) in [6, 6.07) is 9.46. The second kappa shape index (κ2) is 6.92. The third-order valence-corrected chi connectivity index (χ3v) is 3.27. The molecular weight excluding hydrogens is 242 g/mol. The van der Waals surface area contributed by atoms with E-state index < -0.39 is 6.09 Å². The predicted octanol–water partition coefficient (Wildman–Crippen LogP) is 2.81. The van der Waals surface area contributed by atoms with E-state index >= 15 is 0 Å². The smallest absolute Gasteiger partial charge is 0.407 e. The van der Waals surface area contributed by atoms with Crippen molar-refractivity contribution in [3.63, 3.8) is 0 Å². The van der Waals surface area contributed by atoms with Gasteiger partial charge in [-0.2, -0.15) is 0 Å². The lowest BCUT2D eigenvalue weighted by atomic mass is 10.1. The quantitative estimate of drug-likeness (QED) is 0.851. The average molecular weight is 261 g/mol. The molecule has 1 aliphatic carbocycles. The maximum absolute atomic E-state index is 11.7. The number of ether oxygens (including phenoxy) is 1. The van der Waals surface area contributed by atoms with Gasteiger partial charge in [0.1, 0.15) is 12.4 Å². The van der Waals surface area contributed by atoms with Gasteiger partial charge in [0.05, 0.1) is 0 Å². The number of nitrogens with one attached hydrogen (secondary N) is 1. The second-order valence-corrected chi connectivity index (χ2v) is 4.89. The Balaban J connectivity index is 1.76. The molecule has 1 aliphatic rings. The highest BCUT2D eigenvalue weighted by Gasteiger charge is 2.19. The lowest BCUT2D eigenvalue weighted by Crippen LogP contribution is -2.36. The van der Waals surface area contributed by atoms with Crippen molar-refractivity contribution in [2.45, 2.75) is 44.8 Å². The standard InChI is InChI=1S/C15H19NO3/c17-14-9-5-4-8-13(10-14)16-15(18)19-11-12-6-2-1-3-7-12/h1-3,6-7,13H,4-5,8-11H2,(H,16,18). The molecule has 4 heteroatoms. The van der Waals surface area contributed by atoms with Crippen LogP contribution in [0.4, 0.5) is 4.79 Å². The van der Waals surface area contributed by atoms with Crippen LogP contribution in [0.3, 0.4) is 0 Å². The zero-order valence-electron chi connectivity index (χ0n) is 10.9. The highest BCUT2D eigenvalue weighted by molar-refractivity contribution is 5.80. The Morgan fingerprint density at radius 3 is 2.84 bits per heavy atom. The van der Waals surface area contributed by atoms with Gasteiger partial charge in [-0.15, -0.1) is 0 Å². The zero-order valence-corrected chi connectivity index (χ0v) is 10.9. The predicted molar refractivity (Wildman–Crippen MR) is 71.6 cm³/mol. The zero-order chi connectivity index (χ0) is 13.5. The van der Waals surface area contributed by atoms with Gasteiger partial charge in [0.15, 0.2) is 0 Å². The fourth-order valence-corrected chi connectivity index (χ4v) is 2.25. The summed E-state index contributed by atoms with van der Waals surface area (Å²) in [6.07, 6.45) is 3.39. The van der Waals surface area contributed by atoms with Gasteiger partial charge in [-0.1, -0.05) is 36.8 Å². The Hall–Kier alpha value is -1.84. The van der Waals surface area contributed by atoms with Crippen LogP contribution in [-0.2, 0) is 16.1 Å². The van der Waals surface area contributed by atoms with Gasteiger partial charge in [-0.25, -0.2) is 4.79 Å². The Morgan fingerprint density at radius 2 is 2.05 bits per heavy atom. The van der Waals surface area contributed by atoms with Crippen LogP contribution in [0.15, 0.2) is 30.3 Å². The number of benzene rings is 1. The number of ketones is 1. The van der Waals surface area contributed by atoms with Crippen molar-refractivity contribution in [3.8, 4) is 0 Å². The summed E-state index contributed by atoms with van der Waals surface area (Å²) in [6.45, 7) is 0.257. The Morgan fingerprint density at radius 1 is 1.26 bits per heavy atom. The molecule has 1 aromatic rings. The molecule has 102 valence electrons. The average Bonchev–Trinajstić information content (AvgIpc) is 2.62. The van der Waals surface area contributed by atoms with Crippen LogP contribution in [0.2, 0.25) is 0 Å². The summed E-state index contributed by atoms with van der Waals surface area (Å²) in [5.41, 5.74) is 0.953. The summed E-state index contributed by atoms with van der Waals surface area (Å²) < 4.78 is 5.15. The summed E-state index contributed by atoms with van der Waals surface area (Å²) in [4.78, 5) is 23.1. The first-order chi connectivity index (χ1) is 9.24. The van der Waals surface area contributed by atoms with Crippen LogP contribution in [0.5, 0.6) is 0 Å². The summed E-state index contributed by atoms with van der Waals surface area (Å²) >= 11 is 0. The van der Waals surface area contributed by atoms with Gasteiger partial charge < -0.3 is 10.1 Å². The lowest BCUT2D eigenvalue weighted by Gasteiger charge is -2.15. The monoisotopic (exact) mass is 261 g/mol. The molecule has 1 unspecified atom stereocenters. The summed E-state index contributed by atoms with van der Waals surface area (Å²) in [5.74, 6) is 0.228. The number of amides is 1. The van der Waals surface area contributed by atoms with Crippen molar-refractivity contribution in [1.82, 2.24) is 5.32 Å². The molecule has 0 bridgehead atoms. The molecule has 4 nitrogen and oxygen atoms in total. The third kappa shape index (κ3) is 4.73. The fraction of sp³-hybridized carbons (Fsp3) is 0.467. The maximum atomic E-state index is 11.7. The molecular formula is C15H19NO3. The van der Waals surface area contributed by atoms with Gasteiger partial charge in [0, 0.05) is 18.9 Å². The van der Waals surface area contributed by atoms with Crippen molar-refractivity contribution >= 4 is 11.9 Å². The summed E-state index contributed by atoms with van der Waals surface area (Å²) in [5, 5.41) is 2.78. The van der Waals surface area contributed by atoms with Gasteiger partial charge in [0.2, 0.25) is 0 Å². The molecule has 1 saturated carbocycles. The molecule has 1 atom stereocenters. The normalized spacial score (nSPS) is 19.6. The molecule has 0 saturated heterocycles. The number of hydrogen-bond acceptors (Lipinski definition) is 3. The number of rotatable bonds is 3. The summed E-state index contributed by atoms with van der Waals surface area (Å²) in [7, 11) is 0. The number of carbonyl (C=O) groups is 2. The molecule has 1 amide bonds. The Labute approximate surface area is 113 Å². The number of Topliss-reactive ketones (excluding diaryl/α,β-unsaturated/α-hetero) is 1. The van der Waals surface area contributed by atoms with E-state index in [1.807, 2.05) is 30.3 Å². The maximum Gasteiger partial charge on any atom is 0.407 e. The van der Waals surface area contributed by atoms with Crippen molar-refractivity contribution < 1.29 is 14.3 Å². The van der Waals surface area contributed by atoms with E-state index in [-0.39, 0.29) is 18.4 Å². The SMILES string of the molecule is O=C1CCCCC(NC(=O)OCc2ccccc2)C1.